The lowest BCUT2D eigenvalue weighted by molar-refractivity contribution is -0.103. The third kappa shape index (κ3) is 1.59. The van der Waals surface area contributed by atoms with Gasteiger partial charge < -0.3 is 5.11 Å². The summed E-state index contributed by atoms with van der Waals surface area (Å²) in [5.41, 5.74) is 2.18. The maximum absolute atomic E-state index is 11.0. The van der Waals surface area contributed by atoms with Crippen LogP contribution in [0.3, 0.4) is 0 Å². The standard InChI is InChI=1S/C19H28O/c1-18-10-5-7-15(18)14-9-8-13-6-3-4-11-19(13,2)17(14)16(20)12-18/h4,6,11,14-17,20H,3,5,7-10,12H2,1-2H3/t14-,15-,16-,17+,18-,19-/m0/s1. The predicted octanol–water partition coefficient (Wildman–Crippen LogP) is 4.48. The van der Waals surface area contributed by atoms with Crippen LogP contribution in [0.1, 0.15) is 58.8 Å². The summed E-state index contributed by atoms with van der Waals surface area (Å²) in [4.78, 5) is 0. The molecule has 1 heteroatoms. The average Bonchev–Trinajstić information content (AvgIpc) is 2.78. The van der Waals surface area contributed by atoms with Crippen molar-refractivity contribution in [3.8, 4) is 0 Å². The van der Waals surface area contributed by atoms with E-state index in [0.717, 1.165) is 24.7 Å². The van der Waals surface area contributed by atoms with Crippen molar-refractivity contribution in [3.63, 3.8) is 0 Å². The molecule has 0 heterocycles. The summed E-state index contributed by atoms with van der Waals surface area (Å²) in [6.45, 7) is 4.85. The Morgan fingerprint density at radius 3 is 2.95 bits per heavy atom. The fourth-order valence-electron chi connectivity index (χ4n) is 6.48. The van der Waals surface area contributed by atoms with Crippen molar-refractivity contribution < 1.29 is 5.11 Å². The fraction of sp³-hybridized carbons (Fsp3) is 0.789. The summed E-state index contributed by atoms with van der Waals surface area (Å²) in [5, 5.41) is 11.0. The minimum absolute atomic E-state index is 0.101. The number of aliphatic hydroxyl groups excluding tert-OH is 1. The largest absolute Gasteiger partial charge is 0.393 e. The molecule has 4 aliphatic carbocycles. The highest BCUT2D eigenvalue weighted by atomic mass is 16.3. The summed E-state index contributed by atoms with van der Waals surface area (Å²) < 4.78 is 0. The van der Waals surface area contributed by atoms with E-state index >= 15 is 0 Å². The summed E-state index contributed by atoms with van der Waals surface area (Å²) in [5.74, 6) is 2.08. The first-order valence-electron chi connectivity index (χ1n) is 8.60. The Labute approximate surface area is 123 Å². The number of hydrogen-bond acceptors (Lipinski definition) is 1. The molecule has 0 amide bonds. The number of fused-ring (bicyclic) bond motifs is 5. The molecule has 0 radical (unpaired) electrons. The van der Waals surface area contributed by atoms with Gasteiger partial charge in [-0.15, -0.1) is 0 Å². The highest BCUT2D eigenvalue weighted by Gasteiger charge is 2.58. The van der Waals surface area contributed by atoms with Gasteiger partial charge in [0.15, 0.2) is 0 Å². The first-order valence-corrected chi connectivity index (χ1v) is 8.60. The van der Waals surface area contributed by atoms with Crippen LogP contribution in [0.2, 0.25) is 0 Å². The molecule has 3 saturated carbocycles. The third-order valence-electron chi connectivity index (χ3n) is 7.32. The second kappa shape index (κ2) is 4.22. The van der Waals surface area contributed by atoms with Crippen LogP contribution in [0, 0.1) is 28.6 Å². The number of rotatable bonds is 0. The van der Waals surface area contributed by atoms with E-state index in [0.29, 0.717) is 11.3 Å². The maximum atomic E-state index is 11.0. The molecular weight excluding hydrogens is 244 g/mol. The van der Waals surface area contributed by atoms with Crippen molar-refractivity contribution in [1.29, 1.82) is 0 Å². The van der Waals surface area contributed by atoms with E-state index < -0.39 is 0 Å². The van der Waals surface area contributed by atoms with E-state index in [4.69, 9.17) is 0 Å². The maximum Gasteiger partial charge on any atom is 0.0587 e. The molecule has 20 heavy (non-hydrogen) atoms. The van der Waals surface area contributed by atoms with E-state index in [1.807, 2.05) is 0 Å². The number of allylic oxidation sites excluding steroid dienone is 4. The molecule has 1 N–H and O–H groups in total. The SMILES string of the molecule is C[C@@]12CCC[C@H]1[C@@H]1CCC3=CCC=C[C@]3(C)[C@H]1[C@@H](O)C2. The van der Waals surface area contributed by atoms with E-state index in [1.165, 1.54) is 32.1 Å². The first-order chi connectivity index (χ1) is 9.55. The molecule has 0 saturated heterocycles. The third-order valence-corrected chi connectivity index (χ3v) is 7.32. The van der Waals surface area contributed by atoms with E-state index in [1.54, 1.807) is 5.57 Å². The summed E-state index contributed by atoms with van der Waals surface area (Å²) in [7, 11) is 0. The smallest absolute Gasteiger partial charge is 0.0587 e. The molecule has 0 aromatic heterocycles. The molecule has 110 valence electrons. The summed E-state index contributed by atoms with van der Waals surface area (Å²) >= 11 is 0. The monoisotopic (exact) mass is 272 g/mol. The molecule has 0 aromatic rings. The van der Waals surface area contributed by atoms with Gasteiger partial charge in [-0.25, -0.2) is 0 Å². The lowest BCUT2D eigenvalue weighted by Gasteiger charge is -2.58. The predicted molar refractivity (Wildman–Crippen MR) is 82.2 cm³/mol. The zero-order chi connectivity index (χ0) is 14.0. The quantitative estimate of drug-likeness (QED) is 0.645. The molecule has 6 atom stereocenters. The highest BCUT2D eigenvalue weighted by Crippen LogP contribution is 2.64. The Hall–Kier alpha value is -0.560. The van der Waals surface area contributed by atoms with Crippen LogP contribution >= 0.6 is 0 Å². The van der Waals surface area contributed by atoms with Crippen LogP contribution < -0.4 is 0 Å². The minimum Gasteiger partial charge on any atom is -0.393 e. The van der Waals surface area contributed by atoms with Crippen LogP contribution in [0.15, 0.2) is 23.8 Å². The van der Waals surface area contributed by atoms with Crippen LogP contribution in [-0.4, -0.2) is 11.2 Å². The Bertz CT molecular complexity index is 476. The van der Waals surface area contributed by atoms with Crippen LogP contribution in [0.5, 0.6) is 0 Å². The number of aliphatic hydroxyl groups is 1. The van der Waals surface area contributed by atoms with Gasteiger partial charge in [0, 0.05) is 11.3 Å². The van der Waals surface area contributed by atoms with Gasteiger partial charge in [0.2, 0.25) is 0 Å². The molecule has 3 fully saturated rings. The zero-order valence-corrected chi connectivity index (χ0v) is 12.9. The average molecular weight is 272 g/mol. The van der Waals surface area contributed by atoms with Crippen LogP contribution in [0.25, 0.3) is 0 Å². The Kier molecular flexibility index (Phi) is 2.77. The van der Waals surface area contributed by atoms with Crippen molar-refractivity contribution in [2.75, 3.05) is 0 Å². The van der Waals surface area contributed by atoms with Crippen molar-refractivity contribution in [3.05, 3.63) is 23.8 Å². The summed E-state index contributed by atoms with van der Waals surface area (Å²) in [6, 6.07) is 0. The topological polar surface area (TPSA) is 20.2 Å². The van der Waals surface area contributed by atoms with E-state index in [2.05, 4.69) is 32.1 Å². The normalized spacial score (nSPS) is 53.9. The molecule has 4 aliphatic rings. The Morgan fingerprint density at radius 2 is 2.10 bits per heavy atom. The van der Waals surface area contributed by atoms with Gasteiger partial charge in [0.05, 0.1) is 6.10 Å². The molecular formula is C19H28O. The first kappa shape index (κ1) is 13.1. The lowest BCUT2D eigenvalue weighted by atomic mass is 9.48. The Balaban J connectivity index is 1.75. The molecule has 0 aromatic carbocycles. The van der Waals surface area contributed by atoms with Gasteiger partial charge in [-0.1, -0.05) is 44.1 Å². The second-order valence-corrected chi connectivity index (χ2v) is 8.30. The van der Waals surface area contributed by atoms with Crippen molar-refractivity contribution in [2.24, 2.45) is 28.6 Å². The van der Waals surface area contributed by atoms with Gasteiger partial charge in [0.25, 0.3) is 0 Å². The van der Waals surface area contributed by atoms with E-state index in [9.17, 15) is 5.11 Å². The van der Waals surface area contributed by atoms with Gasteiger partial charge in [-0.3, -0.25) is 0 Å². The zero-order valence-electron chi connectivity index (χ0n) is 12.9. The Morgan fingerprint density at radius 1 is 1.25 bits per heavy atom. The summed E-state index contributed by atoms with van der Waals surface area (Å²) in [6.07, 6.45) is 15.9. The van der Waals surface area contributed by atoms with Crippen molar-refractivity contribution >= 4 is 0 Å². The van der Waals surface area contributed by atoms with Gasteiger partial charge in [-0.05, 0) is 55.8 Å². The molecule has 0 bridgehead atoms. The van der Waals surface area contributed by atoms with E-state index in [-0.39, 0.29) is 11.5 Å². The molecule has 0 unspecified atom stereocenters. The van der Waals surface area contributed by atoms with Gasteiger partial charge in [0.1, 0.15) is 0 Å². The lowest BCUT2D eigenvalue weighted by Crippen LogP contribution is -2.54. The van der Waals surface area contributed by atoms with Crippen molar-refractivity contribution in [1.82, 2.24) is 0 Å². The second-order valence-electron chi connectivity index (χ2n) is 8.30. The van der Waals surface area contributed by atoms with Crippen molar-refractivity contribution in [2.45, 2.75) is 64.9 Å². The van der Waals surface area contributed by atoms with Crippen LogP contribution in [-0.2, 0) is 0 Å². The molecule has 0 spiro atoms. The molecule has 0 aliphatic heterocycles. The highest BCUT2D eigenvalue weighted by molar-refractivity contribution is 5.32. The fourth-order valence-corrected chi connectivity index (χ4v) is 6.48. The van der Waals surface area contributed by atoms with Gasteiger partial charge in [-0.2, -0.15) is 0 Å². The molecule has 1 nitrogen and oxygen atoms in total. The van der Waals surface area contributed by atoms with Crippen LogP contribution in [0.4, 0.5) is 0 Å². The minimum atomic E-state index is -0.101. The molecule has 4 rings (SSSR count). The van der Waals surface area contributed by atoms with Gasteiger partial charge >= 0.3 is 0 Å². The number of hydrogen-bond donors (Lipinski definition) is 1.